The summed E-state index contributed by atoms with van der Waals surface area (Å²) in [5.74, 6) is -1.99. The normalized spacial score (nSPS) is 30.9. The number of pyridine rings is 1. The quantitative estimate of drug-likeness (QED) is 0.661. The van der Waals surface area contributed by atoms with E-state index in [0.717, 1.165) is 12.3 Å². The Hall–Kier alpha value is -2.05. The number of amides is 1. The predicted octanol–water partition coefficient (Wildman–Crippen LogP) is 2.70. The predicted molar refractivity (Wildman–Crippen MR) is 118 cm³/mol. The van der Waals surface area contributed by atoms with Crippen LogP contribution in [0, 0.1) is 11.6 Å². The Morgan fingerprint density at radius 3 is 2.53 bits per heavy atom. The van der Waals surface area contributed by atoms with Gasteiger partial charge in [-0.2, -0.15) is 0 Å². The van der Waals surface area contributed by atoms with Crippen LogP contribution in [0.4, 0.5) is 13.6 Å². The van der Waals surface area contributed by atoms with Crippen molar-refractivity contribution in [1.29, 1.82) is 0 Å². The highest BCUT2D eigenvalue weighted by atomic mass is 32.2. The molecule has 3 atom stereocenters. The number of rotatable bonds is 2. The van der Waals surface area contributed by atoms with Gasteiger partial charge in [0.05, 0.1) is 43.9 Å². The van der Waals surface area contributed by atoms with Gasteiger partial charge in [-0.25, -0.2) is 31.7 Å². The number of carbonyl (C=O) groups is 1. The summed E-state index contributed by atoms with van der Waals surface area (Å²) in [6.07, 6.45) is 3.59. The van der Waals surface area contributed by atoms with E-state index in [9.17, 15) is 22.0 Å². The highest BCUT2D eigenvalue weighted by molar-refractivity contribution is 7.88. The highest BCUT2D eigenvalue weighted by Crippen LogP contribution is 2.36. The fourth-order valence-corrected chi connectivity index (χ4v) is 5.93. The van der Waals surface area contributed by atoms with E-state index in [-0.39, 0.29) is 55.9 Å². The van der Waals surface area contributed by atoms with Crippen LogP contribution in [0.5, 0.6) is 5.88 Å². The zero-order chi connectivity index (χ0) is 24.5. The van der Waals surface area contributed by atoms with Crippen LogP contribution in [-0.4, -0.2) is 74.7 Å². The smallest absolute Gasteiger partial charge is 0.410 e. The molecule has 1 N–H and O–H groups in total. The second kappa shape index (κ2) is 10.3. The molecule has 0 aromatic carbocycles. The van der Waals surface area contributed by atoms with Crippen molar-refractivity contribution in [2.45, 2.75) is 75.6 Å². The van der Waals surface area contributed by atoms with Gasteiger partial charge in [0.15, 0.2) is 5.82 Å². The largest absolute Gasteiger partial charge is 0.475 e. The number of nitrogens with zero attached hydrogens (tertiary/aromatic N) is 2. The summed E-state index contributed by atoms with van der Waals surface area (Å²) >= 11 is 0. The standard InChI is InChI=1S/C22H31F2N3O6S/c1-13-10-18(26-34(2,29)30)19-12-33-15-6-4-14(5-7-15)20-16(23)11-17(24)21(25-20)31-8-3-9-32-22(28)27(13)19/h11,13-15,18-19,26H,3-10,12H2,1-2H3/t13-,14?,15?,18+,19+/m1/s1. The second-order valence-electron chi connectivity index (χ2n) is 9.32. The molecule has 0 unspecified atom stereocenters. The molecule has 9 nitrogen and oxygen atoms in total. The lowest BCUT2D eigenvalue weighted by atomic mass is 9.84. The number of fused-ring (bicyclic) bond motifs is 8. The molecule has 1 aromatic rings. The maximum absolute atomic E-state index is 14.5. The van der Waals surface area contributed by atoms with Crippen LogP contribution < -0.4 is 9.46 Å². The van der Waals surface area contributed by atoms with Gasteiger partial charge in [0, 0.05) is 30.5 Å². The molecule has 5 rings (SSSR count). The van der Waals surface area contributed by atoms with Gasteiger partial charge in [-0.1, -0.05) is 0 Å². The first kappa shape index (κ1) is 25.1. The Morgan fingerprint density at radius 1 is 1.12 bits per heavy atom. The Morgan fingerprint density at radius 2 is 1.82 bits per heavy atom. The van der Waals surface area contributed by atoms with Crippen molar-refractivity contribution in [1.82, 2.24) is 14.6 Å². The molecule has 190 valence electrons. The molecule has 0 radical (unpaired) electrons. The first-order chi connectivity index (χ1) is 16.1. The van der Waals surface area contributed by atoms with E-state index in [2.05, 4.69) is 9.71 Å². The molecule has 1 amide bonds. The van der Waals surface area contributed by atoms with Crippen molar-refractivity contribution in [3.05, 3.63) is 23.4 Å². The van der Waals surface area contributed by atoms with Gasteiger partial charge in [-0.3, -0.25) is 4.90 Å². The molecule has 34 heavy (non-hydrogen) atoms. The SMILES string of the molecule is C[C@@H]1C[C@H](NS(C)(=O)=O)[C@@H]2COC3CCC(CC3)c3nc(c(F)cc3F)OCCCOC(=O)N12. The summed E-state index contributed by atoms with van der Waals surface area (Å²) in [6, 6.07) is -0.469. The zero-order valence-corrected chi connectivity index (χ0v) is 20.2. The summed E-state index contributed by atoms with van der Waals surface area (Å²) in [5, 5.41) is 0. The third kappa shape index (κ3) is 5.77. The van der Waals surface area contributed by atoms with Gasteiger partial charge in [-0.05, 0) is 39.0 Å². The minimum atomic E-state index is -3.49. The van der Waals surface area contributed by atoms with Crippen molar-refractivity contribution in [2.24, 2.45) is 0 Å². The molecule has 1 aromatic heterocycles. The number of halogens is 2. The Labute approximate surface area is 198 Å². The molecule has 4 aliphatic rings. The number of hydrogen-bond donors (Lipinski definition) is 1. The van der Waals surface area contributed by atoms with Crippen LogP contribution in [0.1, 0.15) is 57.1 Å². The van der Waals surface area contributed by atoms with Crippen LogP contribution in [0.3, 0.4) is 0 Å². The molecule has 4 bridgehead atoms. The third-order valence-electron chi connectivity index (χ3n) is 6.71. The topological polar surface area (TPSA) is 107 Å². The lowest BCUT2D eigenvalue weighted by molar-refractivity contribution is -0.0108. The van der Waals surface area contributed by atoms with E-state index in [1.165, 1.54) is 4.90 Å². The monoisotopic (exact) mass is 503 g/mol. The van der Waals surface area contributed by atoms with Crippen LogP contribution in [-0.2, 0) is 19.5 Å². The van der Waals surface area contributed by atoms with Gasteiger partial charge in [-0.15, -0.1) is 0 Å². The van der Waals surface area contributed by atoms with Crippen molar-refractivity contribution in [3.63, 3.8) is 0 Å². The maximum atomic E-state index is 14.5. The molecule has 0 spiro atoms. The molecule has 1 aliphatic carbocycles. The number of carbonyl (C=O) groups excluding carboxylic acids is 1. The van der Waals surface area contributed by atoms with Crippen molar-refractivity contribution in [3.8, 4) is 5.88 Å². The molecular weight excluding hydrogens is 472 g/mol. The van der Waals surface area contributed by atoms with E-state index in [1.807, 2.05) is 6.92 Å². The summed E-state index contributed by atoms with van der Waals surface area (Å²) in [7, 11) is -3.49. The minimum Gasteiger partial charge on any atom is -0.475 e. The van der Waals surface area contributed by atoms with Crippen molar-refractivity contribution in [2.75, 3.05) is 26.1 Å². The Bertz CT molecular complexity index is 1000. The Kier molecular flexibility index (Phi) is 7.58. The number of hydrogen-bond acceptors (Lipinski definition) is 7. The van der Waals surface area contributed by atoms with Crippen molar-refractivity contribution < 1.29 is 36.2 Å². The first-order valence-corrected chi connectivity index (χ1v) is 13.5. The lowest BCUT2D eigenvalue weighted by Gasteiger charge is -2.33. The minimum absolute atomic E-state index is 0.0146. The average molecular weight is 504 g/mol. The summed E-state index contributed by atoms with van der Waals surface area (Å²) in [5.41, 5.74) is 0.193. The van der Waals surface area contributed by atoms with Gasteiger partial charge in [0.25, 0.3) is 5.88 Å². The average Bonchev–Trinajstić information content (AvgIpc) is 3.06. The van der Waals surface area contributed by atoms with Crippen LogP contribution in [0.25, 0.3) is 0 Å². The van der Waals surface area contributed by atoms with Gasteiger partial charge < -0.3 is 14.2 Å². The Balaban J connectivity index is 1.55. The first-order valence-electron chi connectivity index (χ1n) is 11.6. The van der Waals surface area contributed by atoms with E-state index >= 15 is 0 Å². The molecule has 4 heterocycles. The molecule has 1 saturated carbocycles. The fraction of sp³-hybridized carbons (Fsp3) is 0.727. The van der Waals surface area contributed by atoms with Crippen molar-refractivity contribution >= 4 is 16.1 Å². The van der Waals surface area contributed by atoms with E-state index < -0.39 is 39.8 Å². The molecule has 3 aliphatic heterocycles. The highest BCUT2D eigenvalue weighted by Gasteiger charge is 2.44. The number of sulfonamides is 1. The van der Waals surface area contributed by atoms with E-state index in [1.54, 1.807) is 0 Å². The van der Waals surface area contributed by atoms with Crippen LogP contribution in [0.15, 0.2) is 6.07 Å². The number of aromatic nitrogens is 1. The van der Waals surface area contributed by atoms with E-state index in [0.29, 0.717) is 32.1 Å². The molecule has 2 fully saturated rings. The van der Waals surface area contributed by atoms with E-state index in [4.69, 9.17) is 14.2 Å². The lowest BCUT2D eigenvalue weighted by Crippen LogP contribution is -2.50. The third-order valence-corrected chi connectivity index (χ3v) is 7.44. The van der Waals surface area contributed by atoms with Crippen LogP contribution in [0.2, 0.25) is 0 Å². The maximum Gasteiger partial charge on any atom is 0.410 e. The fourth-order valence-electron chi connectivity index (χ4n) is 5.12. The zero-order valence-electron chi connectivity index (χ0n) is 19.3. The van der Waals surface area contributed by atoms with Crippen LogP contribution >= 0.6 is 0 Å². The number of nitrogens with one attached hydrogen (secondary N) is 1. The molecule has 12 heteroatoms. The molecular formula is C22H31F2N3O6S. The summed E-state index contributed by atoms with van der Waals surface area (Å²) in [4.78, 5) is 18.5. The number of ether oxygens (including phenoxy) is 3. The second-order valence-corrected chi connectivity index (χ2v) is 11.1. The van der Waals surface area contributed by atoms with Gasteiger partial charge >= 0.3 is 6.09 Å². The summed E-state index contributed by atoms with van der Waals surface area (Å²) < 4.78 is 72.0. The van der Waals surface area contributed by atoms with Gasteiger partial charge in [0.1, 0.15) is 5.82 Å². The summed E-state index contributed by atoms with van der Waals surface area (Å²) in [6.45, 7) is 2.04. The van der Waals surface area contributed by atoms with Gasteiger partial charge in [0.2, 0.25) is 10.0 Å². The molecule has 1 saturated heterocycles.